The molecule has 0 radical (unpaired) electrons. The molecule has 16 heavy (non-hydrogen) atoms. The van der Waals surface area contributed by atoms with Crippen molar-refractivity contribution >= 4 is 33.0 Å². The van der Waals surface area contributed by atoms with Crippen LogP contribution in [0.2, 0.25) is 0 Å². The van der Waals surface area contributed by atoms with Crippen molar-refractivity contribution in [3.05, 3.63) is 17.5 Å². The van der Waals surface area contributed by atoms with Crippen LogP contribution in [0.15, 0.2) is 21.7 Å². The third kappa shape index (κ3) is 3.43. The molecule has 0 N–H and O–H groups in total. The van der Waals surface area contributed by atoms with Crippen molar-refractivity contribution in [2.24, 2.45) is 0 Å². The maximum absolute atomic E-state index is 12.1. The van der Waals surface area contributed by atoms with E-state index in [1.54, 1.807) is 17.5 Å². The Labute approximate surface area is 105 Å². The van der Waals surface area contributed by atoms with Crippen molar-refractivity contribution in [2.75, 3.05) is 32.7 Å². The van der Waals surface area contributed by atoms with Crippen LogP contribution in [0.25, 0.3) is 0 Å². The van der Waals surface area contributed by atoms with Gasteiger partial charge in [0.05, 0.1) is 6.61 Å². The first-order valence-corrected chi connectivity index (χ1v) is 7.57. The Bertz CT molecular complexity index is 391. The molecule has 1 aromatic heterocycles. The van der Waals surface area contributed by atoms with E-state index < -0.39 is 10.0 Å². The van der Waals surface area contributed by atoms with Crippen LogP contribution >= 0.6 is 22.9 Å². The Kier molecular flexibility index (Phi) is 5.71. The molecule has 92 valence electrons. The number of rotatable bonds is 7. The van der Waals surface area contributed by atoms with Crippen LogP contribution in [0, 0.1) is 0 Å². The van der Waals surface area contributed by atoms with Gasteiger partial charge in [-0.05, 0) is 11.4 Å². The number of sulfonamides is 1. The highest BCUT2D eigenvalue weighted by Gasteiger charge is 2.24. The Morgan fingerprint density at radius 3 is 2.75 bits per heavy atom. The summed E-state index contributed by atoms with van der Waals surface area (Å²) >= 11 is 6.80. The van der Waals surface area contributed by atoms with Crippen molar-refractivity contribution < 1.29 is 13.2 Å². The molecule has 1 rings (SSSR count). The second-order valence-electron chi connectivity index (χ2n) is 3.02. The van der Waals surface area contributed by atoms with E-state index in [4.69, 9.17) is 16.3 Å². The maximum atomic E-state index is 12.1. The SMILES string of the molecule is COCCN(CCCl)S(=O)(=O)c1cccs1. The van der Waals surface area contributed by atoms with Gasteiger partial charge < -0.3 is 4.74 Å². The first-order valence-electron chi connectivity index (χ1n) is 4.71. The fraction of sp³-hybridized carbons (Fsp3) is 0.556. The quantitative estimate of drug-likeness (QED) is 0.715. The first-order chi connectivity index (χ1) is 7.62. The van der Waals surface area contributed by atoms with Crippen LogP contribution < -0.4 is 0 Å². The van der Waals surface area contributed by atoms with E-state index in [-0.39, 0.29) is 5.88 Å². The largest absolute Gasteiger partial charge is 0.383 e. The molecule has 0 unspecified atom stereocenters. The van der Waals surface area contributed by atoms with Gasteiger partial charge in [-0.3, -0.25) is 0 Å². The number of methoxy groups -OCH3 is 1. The molecule has 0 aromatic carbocycles. The number of thiophene rings is 1. The van der Waals surface area contributed by atoms with Crippen molar-refractivity contribution in [3.63, 3.8) is 0 Å². The van der Waals surface area contributed by atoms with Gasteiger partial charge in [-0.1, -0.05) is 6.07 Å². The molecule has 0 fully saturated rings. The number of halogens is 1. The summed E-state index contributed by atoms with van der Waals surface area (Å²) in [5, 5.41) is 1.74. The van der Waals surface area contributed by atoms with E-state index in [1.165, 1.54) is 22.8 Å². The van der Waals surface area contributed by atoms with Gasteiger partial charge >= 0.3 is 0 Å². The molecule has 0 aliphatic carbocycles. The van der Waals surface area contributed by atoms with E-state index in [0.29, 0.717) is 23.9 Å². The summed E-state index contributed by atoms with van der Waals surface area (Å²) in [6.45, 7) is 0.982. The average molecular weight is 284 g/mol. The predicted molar refractivity (Wildman–Crippen MR) is 65.7 cm³/mol. The molecule has 0 aliphatic heterocycles. The summed E-state index contributed by atoms with van der Waals surface area (Å²) in [5.74, 6) is 0.272. The number of nitrogens with zero attached hydrogens (tertiary/aromatic N) is 1. The van der Waals surface area contributed by atoms with Crippen molar-refractivity contribution in [1.82, 2.24) is 4.31 Å². The van der Waals surface area contributed by atoms with Gasteiger partial charge in [-0.15, -0.1) is 22.9 Å². The Morgan fingerprint density at radius 2 is 2.25 bits per heavy atom. The lowest BCUT2D eigenvalue weighted by Gasteiger charge is -2.19. The van der Waals surface area contributed by atoms with E-state index in [0.717, 1.165) is 0 Å². The molecule has 0 atom stereocenters. The summed E-state index contributed by atoms with van der Waals surface area (Å²) in [7, 11) is -1.87. The number of hydrogen-bond acceptors (Lipinski definition) is 4. The zero-order valence-electron chi connectivity index (χ0n) is 8.93. The number of hydrogen-bond donors (Lipinski definition) is 0. The van der Waals surface area contributed by atoms with Gasteiger partial charge in [0, 0.05) is 26.1 Å². The van der Waals surface area contributed by atoms with E-state index in [2.05, 4.69) is 0 Å². The number of ether oxygens (including phenoxy) is 1. The molecule has 0 saturated carbocycles. The normalized spacial score (nSPS) is 12.2. The molecule has 0 bridgehead atoms. The summed E-state index contributed by atoms with van der Waals surface area (Å²) in [6, 6.07) is 3.31. The van der Waals surface area contributed by atoms with Crippen molar-refractivity contribution in [2.45, 2.75) is 4.21 Å². The molecule has 0 saturated heterocycles. The lowest BCUT2D eigenvalue weighted by Crippen LogP contribution is -2.35. The standard InChI is InChI=1S/C9H14ClNO3S2/c1-14-7-6-11(5-4-10)16(12,13)9-3-2-8-15-9/h2-3,8H,4-7H2,1H3. The van der Waals surface area contributed by atoms with Crippen LogP contribution in [0.3, 0.4) is 0 Å². The zero-order valence-corrected chi connectivity index (χ0v) is 11.3. The minimum atomic E-state index is -3.40. The molecule has 7 heteroatoms. The summed E-state index contributed by atoms with van der Waals surface area (Å²) in [5.41, 5.74) is 0. The van der Waals surface area contributed by atoms with E-state index in [1.807, 2.05) is 0 Å². The minimum absolute atomic E-state index is 0.272. The molecule has 0 spiro atoms. The van der Waals surface area contributed by atoms with Gasteiger partial charge in [0.1, 0.15) is 4.21 Å². The maximum Gasteiger partial charge on any atom is 0.252 e. The van der Waals surface area contributed by atoms with Crippen LogP contribution in [0.5, 0.6) is 0 Å². The smallest absolute Gasteiger partial charge is 0.252 e. The van der Waals surface area contributed by atoms with Crippen LogP contribution in [-0.2, 0) is 14.8 Å². The highest BCUT2D eigenvalue weighted by molar-refractivity contribution is 7.91. The second-order valence-corrected chi connectivity index (χ2v) is 6.51. The highest BCUT2D eigenvalue weighted by Crippen LogP contribution is 2.20. The summed E-state index contributed by atoms with van der Waals surface area (Å²) in [6.07, 6.45) is 0. The van der Waals surface area contributed by atoms with Crippen molar-refractivity contribution in [1.29, 1.82) is 0 Å². The fourth-order valence-electron chi connectivity index (χ4n) is 1.18. The van der Waals surface area contributed by atoms with Gasteiger partial charge in [-0.25, -0.2) is 8.42 Å². The van der Waals surface area contributed by atoms with Gasteiger partial charge in [0.2, 0.25) is 0 Å². The van der Waals surface area contributed by atoms with Gasteiger partial charge in [-0.2, -0.15) is 4.31 Å². The zero-order chi connectivity index (χ0) is 12.0. The predicted octanol–water partition coefficient (Wildman–Crippen LogP) is 1.62. The molecule has 0 aliphatic rings. The third-order valence-corrected chi connectivity index (χ3v) is 5.41. The minimum Gasteiger partial charge on any atom is -0.383 e. The Morgan fingerprint density at radius 1 is 1.50 bits per heavy atom. The first kappa shape index (κ1) is 13.9. The van der Waals surface area contributed by atoms with Gasteiger partial charge in [0.25, 0.3) is 10.0 Å². The lowest BCUT2D eigenvalue weighted by molar-refractivity contribution is 0.180. The topological polar surface area (TPSA) is 46.6 Å². The molecular weight excluding hydrogens is 270 g/mol. The Hall–Kier alpha value is -0.140. The molecule has 1 aromatic rings. The van der Waals surface area contributed by atoms with E-state index in [9.17, 15) is 8.42 Å². The van der Waals surface area contributed by atoms with Crippen LogP contribution in [-0.4, -0.2) is 45.4 Å². The molecule has 1 heterocycles. The molecule has 0 amide bonds. The number of alkyl halides is 1. The monoisotopic (exact) mass is 283 g/mol. The third-order valence-electron chi connectivity index (χ3n) is 1.97. The molecule has 4 nitrogen and oxygen atoms in total. The average Bonchev–Trinajstić information content (AvgIpc) is 2.77. The van der Waals surface area contributed by atoms with E-state index >= 15 is 0 Å². The highest BCUT2D eigenvalue weighted by atomic mass is 35.5. The Balaban J connectivity index is 2.84. The second kappa shape index (κ2) is 6.56. The summed E-state index contributed by atoms with van der Waals surface area (Å²) in [4.78, 5) is 0. The molecular formula is C9H14ClNO3S2. The fourth-order valence-corrected chi connectivity index (χ4v) is 4.05. The van der Waals surface area contributed by atoms with Gasteiger partial charge in [0.15, 0.2) is 0 Å². The lowest BCUT2D eigenvalue weighted by atomic mass is 10.6. The van der Waals surface area contributed by atoms with Crippen LogP contribution in [0.4, 0.5) is 0 Å². The van der Waals surface area contributed by atoms with Crippen LogP contribution in [0.1, 0.15) is 0 Å². The van der Waals surface area contributed by atoms with Crippen molar-refractivity contribution in [3.8, 4) is 0 Å². The summed E-state index contributed by atoms with van der Waals surface area (Å²) < 4.78 is 30.8.